The van der Waals surface area contributed by atoms with Gasteiger partial charge in [0.1, 0.15) is 31.4 Å². The van der Waals surface area contributed by atoms with E-state index >= 15 is 0 Å². The quantitative estimate of drug-likeness (QED) is 0.259. The van der Waals surface area contributed by atoms with E-state index in [1.807, 2.05) is 54.6 Å². The van der Waals surface area contributed by atoms with Gasteiger partial charge in [0.15, 0.2) is 0 Å². The van der Waals surface area contributed by atoms with Gasteiger partial charge in [-0.05, 0) is 48.0 Å². The molecular weight excluding hydrogens is 540 g/mol. The predicted molar refractivity (Wildman–Crippen MR) is 158 cm³/mol. The van der Waals surface area contributed by atoms with Gasteiger partial charge in [-0.15, -0.1) is 0 Å². The van der Waals surface area contributed by atoms with Crippen molar-refractivity contribution in [1.29, 1.82) is 0 Å². The van der Waals surface area contributed by atoms with Crippen LogP contribution >= 0.6 is 0 Å². The Morgan fingerprint density at radius 3 is 2.19 bits per heavy atom. The predicted octanol–water partition coefficient (Wildman–Crippen LogP) is 3.73. The average Bonchev–Trinajstić information content (AvgIpc) is 3.04. The summed E-state index contributed by atoms with van der Waals surface area (Å²) in [5, 5.41) is 2.72. The first-order chi connectivity index (χ1) is 20.6. The van der Waals surface area contributed by atoms with Crippen molar-refractivity contribution in [2.75, 3.05) is 77.3 Å². The minimum Gasteiger partial charge on any atom is -0.491 e. The molecule has 0 bridgehead atoms. The van der Waals surface area contributed by atoms with Gasteiger partial charge in [-0.2, -0.15) is 0 Å². The number of hydrogen-bond donors (Lipinski definition) is 1. The van der Waals surface area contributed by atoms with Crippen LogP contribution in [0.4, 0.5) is 10.1 Å². The van der Waals surface area contributed by atoms with Crippen LogP contribution < -0.4 is 19.7 Å². The van der Waals surface area contributed by atoms with E-state index in [4.69, 9.17) is 18.9 Å². The molecule has 9 nitrogen and oxygen atoms in total. The zero-order valence-electron chi connectivity index (χ0n) is 23.7. The van der Waals surface area contributed by atoms with E-state index < -0.39 is 6.67 Å². The number of anilines is 1. The second-order valence-electron chi connectivity index (χ2n) is 9.61. The Balaban J connectivity index is 1.13. The highest BCUT2D eigenvalue weighted by Gasteiger charge is 2.22. The molecule has 0 atom stereocenters. The summed E-state index contributed by atoms with van der Waals surface area (Å²) >= 11 is 0. The molecule has 2 amide bonds. The Labute approximate surface area is 246 Å². The molecule has 0 aromatic heterocycles. The van der Waals surface area contributed by atoms with Gasteiger partial charge < -0.3 is 34.1 Å². The van der Waals surface area contributed by atoms with Gasteiger partial charge in [0.25, 0.3) is 5.91 Å². The number of hydrogen-bond acceptors (Lipinski definition) is 7. The molecular formula is C32H38FN3O6. The molecule has 0 unspecified atom stereocenters. The van der Waals surface area contributed by atoms with Crippen LogP contribution in [0.2, 0.25) is 0 Å². The lowest BCUT2D eigenvalue weighted by atomic mass is 10.2. The molecule has 1 N–H and O–H groups in total. The molecule has 10 heteroatoms. The summed E-state index contributed by atoms with van der Waals surface area (Å²) in [6.07, 6.45) is 0. The summed E-state index contributed by atoms with van der Waals surface area (Å²) < 4.78 is 33.8. The number of rotatable bonds is 16. The van der Waals surface area contributed by atoms with E-state index in [0.717, 1.165) is 17.0 Å². The van der Waals surface area contributed by atoms with Gasteiger partial charge in [0, 0.05) is 37.4 Å². The van der Waals surface area contributed by atoms with Crippen molar-refractivity contribution in [3.05, 3.63) is 90.0 Å². The third-order valence-corrected chi connectivity index (χ3v) is 6.67. The standard InChI is InChI=1S/C32H38FN3O6/c33-13-18-39-19-20-40-21-22-41-30-8-4-7-27(23-30)32(38)34-24-31(37)36-16-14-35(15-17-36)28-9-11-29(12-10-28)42-25-26-5-2-1-3-6-26/h1-12,23H,13-22,24-25H2,(H,34,38)/i33-1. The molecule has 1 heterocycles. The topological polar surface area (TPSA) is 89.6 Å². The monoisotopic (exact) mass is 578 g/mol. The van der Waals surface area contributed by atoms with E-state index in [1.165, 1.54) is 0 Å². The maximum atomic E-state index is 12.8. The number of nitrogens with zero attached hydrogens (tertiary/aromatic N) is 2. The van der Waals surface area contributed by atoms with E-state index in [9.17, 15) is 14.0 Å². The normalized spacial score (nSPS) is 13.1. The van der Waals surface area contributed by atoms with Gasteiger partial charge in [-0.3, -0.25) is 9.59 Å². The second-order valence-corrected chi connectivity index (χ2v) is 9.61. The number of piperazine rings is 1. The summed E-state index contributed by atoms with van der Waals surface area (Å²) in [6, 6.07) is 24.8. The second kappa shape index (κ2) is 17.0. The van der Waals surface area contributed by atoms with Crippen molar-refractivity contribution < 1.29 is 32.9 Å². The fourth-order valence-electron chi connectivity index (χ4n) is 4.40. The number of ether oxygens (including phenoxy) is 4. The van der Waals surface area contributed by atoms with Crippen LogP contribution in [-0.4, -0.2) is 89.1 Å². The number of carbonyl (C=O) groups excluding carboxylic acids is 2. The molecule has 1 aliphatic heterocycles. The Hall–Kier alpha value is -4.15. The van der Waals surface area contributed by atoms with E-state index in [2.05, 4.69) is 10.2 Å². The first-order valence-corrected chi connectivity index (χ1v) is 14.1. The number of nitrogens with one attached hydrogen (secondary N) is 1. The van der Waals surface area contributed by atoms with Gasteiger partial charge in [0.2, 0.25) is 5.91 Å². The number of alkyl halides is 1. The summed E-state index contributed by atoms with van der Waals surface area (Å²) in [4.78, 5) is 29.4. The Bertz CT molecular complexity index is 1240. The van der Waals surface area contributed by atoms with Crippen molar-refractivity contribution in [2.24, 2.45) is 0 Å². The molecule has 0 radical (unpaired) electrons. The molecule has 0 spiro atoms. The zero-order valence-corrected chi connectivity index (χ0v) is 23.7. The molecule has 0 aliphatic carbocycles. The highest BCUT2D eigenvalue weighted by Crippen LogP contribution is 2.22. The van der Waals surface area contributed by atoms with Gasteiger partial charge >= 0.3 is 0 Å². The van der Waals surface area contributed by atoms with E-state index in [1.54, 1.807) is 29.2 Å². The Morgan fingerprint density at radius 1 is 0.738 bits per heavy atom. The van der Waals surface area contributed by atoms with E-state index in [-0.39, 0.29) is 25.0 Å². The molecule has 1 aliphatic rings. The smallest absolute Gasteiger partial charge is 0.251 e. The molecule has 0 saturated carbocycles. The molecule has 3 aromatic rings. The summed E-state index contributed by atoms with van der Waals surface area (Å²) in [6.45, 7) is 3.89. The van der Waals surface area contributed by atoms with E-state index in [0.29, 0.717) is 70.5 Å². The number of carbonyl (C=O) groups is 2. The van der Waals surface area contributed by atoms with Crippen molar-refractivity contribution >= 4 is 17.5 Å². The average molecular weight is 579 g/mol. The van der Waals surface area contributed by atoms with Crippen LogP contribution in [-0.2, 0) is 20.9 Å². The third kappa shape index (κ3) is 10.0. The van der Waals surface area contributed by atoms with Gasteiger partial charge in [0.05, 0.1) is 33.0 Å². The van der Waals surface area contributed by atoms with Crippen LogP contribution in [0.1, 0.15) is 15.9 Å². The first kappa shape index (κ1) is 30.8. The lowest BCUT2D eigenvalue weighted by Crippen LogP contribution is -2.51. The maximum Gasteiger partial charge on any atom is 0.251 e. The van der Waals surface area contributed by atoms with Crippen LogP contribution in [0.3, 0.4) is 0 Å². The summed E-state index contributed by atoms with van der Waals surface area (Å²) in [7, 11) is 0. The maximum absolute atomic E-state index is 12.8. The summed E-state index contributed by atoms with van der Waals surface area (Å²) in [5.74, 6) is 0.876. The third-order valence-electron chi connectivity index (χ3n) is 6.67. The largest absolute Gasteiger partial charge is 0.491 e. The Morgan fingerprint density at radius 2 is 1.45 bits per heavy atom. The molecule has 3 aromatic carbocycles. The first-order valence-electron chi connectivity index (χ1n) is 14.1. The lowest BCUT2D eigenvalue weighted by molar-refractivity contribution is -0.130. The lowest BCUT2D eigenvalue weighted by Gasteiger charge is -2.36. The highest BCUT2D eigenvalue weighted by atomic mass is 18.2. The van der Waals surface area contributed by atoms with Crippen molar-refractivity contribution in [3.63, 3.8) is 0 Å². The Kier molecular flexibility index (Phi) is 12.4. The SMILES string of the molecule is O=C(NCC(=O)N1CCN(c2ccc(OCc3ccccc3)cc2)CC1)c1cccc(OCCOCCOCC[18F])c1. The highest BCUT2D eigenvalue weighted by molar-refractivity contribution is 5.96. The minimum absolute atomic E-state index is 0.0683. The molecule has 224 valence electrons. The number of amides is 2. The van der Waals surface area contributed by atoms with Crippen molar-refractivity contribution in [2.45, 2.75) is 6.61 Å². The molecule has 1 fully saturated rings. The van der Waals surface area contributed by atoms with Crippen molar-refractivity contribution in [1.82, 2.24) is 10.2 Å². The molecule has 1 saturated heterocycles. The number of halogens is 1. The minimum atomic E-state index is -0.513. The summed E-state index contributed by atoms with van der Waals surface area (Å²) in [5.41, 5.74) is 2.61. The van der Waals surface area contributed by atoms with Crippen LogP contribution in [0.25, 0.3) is 0 Å². The van der Waals surface area contributed by atoms with Crippen molar-refractivity contribution in [3.8, 4) is 11.5 Å². The van der Waals surface area contributed by atoms with Crippen LogP contribution in [0.5, 0.6) is 11.5 Å². The fraction of sp³-hybridized carbons (Fsp3) is 0.375. The van der Waals surface area contributed by atoms with Gasteiger partial charge in [-0.1, -0.05) is 36.4 Å². The fourth-order valence-corrected chi connectivity index (χ4v) is 4.40. The van der Waals surface area contributed by atoms with Crippen LogP contribution in [0.15, 0.2) is 78.9 Å². The molecule has 4 rings (SSSR count). The zero-order chi connectivity index (χ0) is 29.4. The van der Waals surface area contributed by atoms with Crippen LogP contribution in [0, 0.1) is 0 Å². The van der Waals surface area contributed by atoms with Gasteiger partial charge in [-0.25, -0.2) is 4.39 Å². The molecule has 42 heavy (non-hydrogen) atoms. The number of benzene rings is 3.